The van der Waals surface area contributed by atoms with Crippen molar-refractivity contribution in [2.45, 2.75) is 32.2 Å². The van der Waals surface area contributed by atoms with Crippen LogP contribution in [0.15, 0.2) is 24.5 Å². The second kappa shape index (κ2) is 4.87. The van der Waals surface area contributed by atoms with Crippen molar-refractivity contribution < 1.29 is 9.53 Å². The zero-order valence-electron chi connectivity index (χ0n) is 12.9. The third kappa shape index (κ3) is 1.71. The van der Waals surface area contributed by atoms with Gasteiger partial charge in [-0.05, 0) is 37.5 Å². The lowest BCUT2D eigenvalue weighted by atomic mass is 10.1. The number of hydrogen-bond donors (Lipinski definition) is 0. The molecule has 0 aliphatic carbocycles. The van der Waals surface area contributed by atoms with Crippen molar-refractivity contribution in [1.29, 1.82) is 0 Å². The number of amides is 1. The summed E-state index contributed by atoms with van der Waals surface area (Å²) in [5.74, 6) is 0.810. The number of carbonyl (C=O) groups is 1. The molecule has 0 unspecified atom stereocenters. The lowest BCUT2D eigenvalue weighted by molar-refractivity contribution is 0.0738. The monoisotopic (exact) mass is 297 g/mol. The molecule has 1 fully saturated rings. The first kappa shape index (κ1) is 13.4. The number of imidazole rings is 1. The summed E-state index contributed by atoms with van der Waals surface area (Å²) in [6.07, 6.45) is 4.79. The molecule has 114 valence electrons. The maximum Gasteiger partial charge on any atom is 0.256 e. The molecule has 0 spiro atoms. The van der Waals surface area contributed by atoms with E-state index in [1.165, 1.54) is 5.69 Å². The van der Waals surface area contributed by atoms with Crippen molar-refractivity contribution in [3.05, 3.63) is 41.5 Å². The smallest absolute Gasteiger partial charge is 0.256 e. The van der Waals surface area contributed by atoms with Gasteiger partial charge in [-0.25, -0.2) is 4.98 Å². The quantitative estimate of drug-likeness (QED) is 0.856. The van der Waals surface area contributed by atoms with Gasteiger partial charge in [0.25, 0.3) is 5.91 Å². The van der Waals surface area contributed by atoms with Crippen LogP contribution in [0.2, 0.25) is 0 Å². The fourth-order valence-corrected chi connectivity index (χ4v) is 3.68. The van der Waals surface area contributed by atoms with Gasteiger partial charge in [0.15, 0.2) is 0 Å². The number of aryl methyl sites for hydroxylation is 1. The molecule has 2 aliphatic heterocycles. The van der Waals surface area contributed by atoms with Crippen molar-refractivity contribution in [1.82, 2.24) is 14.5 Å². The normalized spacial score (nSPS) is 19.5. The highest BCUT2D eigenvalue weighted by Gasteiger charge is 2.38. The van der Waals surface area contributed by atoms with E-state index in [0.717, 1.165) is 37.2 Å². The van der Waals surface area contributed by atoms with E-state index in [0.29, 0.717) is 11.3 Å². The Morgan fingerprint density at radius 1 is 1.41 bits per heavy atom. The highest BCUT2D eigenvalue weighted by atomic mass is 16.5. The Morgan fingerprint density at radius 2 is 2.27 bits per heavy atom. The average molecular weight is 297 g/mol. The van der Waals surface area contributed by atoms with E-state index in [4.69, 9.17) is 4.74 Å². The molecule has 1 saturated heterocycles. The molecule has 1 amide bonds. The molecular weight excluding hydrogens is 278 g/mol. The van der Waals surface area contributed by atoms with Crippen LogP contribution in [0.1, 0.15) is 47.6 Å². The molecule has 0 bridgehead atoms. The number of benzene rings is 1. The number of aromatic nitrogens is 2. The van der Waals surface area contributed by atoms with Gasteiger partial charge in [-0.2, -0.15) is 0 Å². The first-order valence-electron chi connectivity index (χ1n) is 7.80. The molecule has 5 heteroatoms. The Bertz CT molecular complexity index is 750. The van der Waals surface area contributed by atoms with Crippen LogP contribution >= 0.6 is 0 Å². The van der Waals surface area contributed by atoms with Gasteiger partial charge in [0.1, 0.15) is 5.75 Å². The lowest BCUT2D eigenvalue weighted by Gasteiger charge is -2.23. The average Bonchev–Trinajstić information content (AvgIpc) is 3.17. The van der Waals surface area contributed by atoms with Crippen LogP contribution in [0.3, 0.4) is 0 Å². The standard InChI is InChI=1S/C17H19N3O2/c1-3-13-16-15-5-4-8-19(15)17(21)12-9-11(22-2)6-7-14(12)20(16)10-18-13/h6-7,9-10,15H,3-5,8H2,1-2H3/t15-/m0/s1. The molecule has 1 aromatic carbocycles. The Kier molecular flexibility index (Phi) is 2.96. The highest BCUT2D eigenvalue weighted by molar-refractivity contribution is 5.99. The zero-order chi connectivity index (χ0) is 15.3. The van der Waals surface area contributed by atoms with E-state index in [9.17, 15) is 4.79 Å². The van der Waals surface area contributed by atoms with E-state index in [1.54, 1.807) is 7.11 Å². The van der Waals surface area contributed by atoms with Gasteiger partial charge < -0.3 is 14.2 Å². The van der Waals surface area contributed by atoms with Gasteiger partial charge in [-0.15, -0.1) is 0 Å². The Hall–Kier alpha value is -2.30. The predicted octanol–water partition coefficient (Wildman–Crippen LogP) is 2.73. The minimum atomic E-state index is 0.0992. The van der Waals surface area contributed by atoms with Crippen LogP contribution in [0.5, 0.6) is 5.75 Å². The molecule has 2 aliphatic rings. The summed E-state index contributed by atoms with van der Waals surface area (Å²) in [6, 6.07) is 5.84. The van der Waals surface area contributed by atoms with Crippen LogP contribution in [0.25, 0.3) is 5.69 Å². The Balaban J connectivity index is 2.00. The van der Waals surface area contributed by atoms with Gasteiger partial charge in [-0.3, -0.25) is 4.79 Å². The number of methoxy groups -OCH3 is 1. The van der Waals surface area contributed by atoms with E-state index >= 15 is 0 Å². The second-order valence-electron chi connectivity index (χ2n) is 5.84. The number of hydrogen-bond acceptors (Lipinski definition) is 3. The van der Waals surface area contributed by atoms with E-state index < -0.39 is 0 Å². The maximum absolute atomic E-state index is 13.0. The SMILES string of the molecule is CCc1ncn2c1[C@@H]1CCCN1C(=O)c1cc(OC)ccc1-2. The van der Waals surface area contributed by atoms with E-state index in [-0.39, 0.29) is 11.9 Å². The van der Waals surface area contributed by atoms with E-state index in [1.807, 2.05) is 29.4 Å². The van der Waals surface area contributed by atoms with Crippen LogP contribution in [0, 0.1) is 0 Å². The summed E-state index contributed by atoms with van der Waals surface area (Å²) in [5, 5.41) is 0. The molecule has 5 nitrogen and oxygen atoms in total. The summed E-state index contributed by atoms with van der Waals surface area (Å²) in [6.45, 7) is 2.93. The first-order valence-corrected chi connectivity index (χ1v) is 7.80. The summed E-state index contributed by atoms with van der Waals surface area (Å²) < 4.78 is 7.40. The molecule has 0 radical (unpaired) electrons. The van der Waals surface area contributed by atoms with Gasteiger partial charge >= 0.3 is 0 Å². The fourth-order valence-electron chi connectivity index (χ4n) is 3.68. The number of nitrogens with zero attached hydrogens (tertiary/aromatic N) is 3. The fraction of sp³-hybridized carbons (Fsp3) is 0.412. The third-order valence-electron chi connectivity index (χ3n) is 4.74. The lowest BCUT2D eigenvalue weighted by Crippen LogP contribution is -2.29. The molecular formula is C17H19N3O2. The molecule has 1 atom stereocenters. The number of fused-ring (bicyclic) bond motifs is 5. The molecule has 4 rings (SSSR count). The summed E-state index contributed by atoms with van der Waals surface area (Å²) in [5.41, 5.74) is 3.87. The van der Waals surface area contributed by atoms with Crippen molar-refractivity contribution >= 4 is 5.91 Å². The van der Waals surface area contributed by atoms with Crippen LogP contribution in [-0.4, -0.2) is 34.0 Å². The van der Waals surface area contributed by atoms with Crippen LogP contribution in [-0.2, 0) is 6.42 Å². The summed E-state index contributed by atoms with van der Waals surface area (Å²) in [7, 11) is 1.62. The third-order valence-corrected chi connectivity index (χ3v) is 4.74. The predicted molar refractivity (Wildman–Crippen MR) is 82.5 cm³/mol. The maximum atomic E-state index is 13.0. The summed E-state index contributed by atoms with van der Waals surface area (Å²) in [4.78, 5) is 19.6. The van der Waals surface area contributed by atoms with Crippen molar-refractivity contribution in [2.75, 3.05) is 13.7 Å². The largest absolute Gasteiger partial charge is 0.497 e. The van der Waals surface area contributed by atoms with Crippen molar-refractivity contribution in [2.24, 2.45) is 0 Å². The minimum Gasteiger partial charge on any atom is -0.497 e. The number of rotatable bonds is 2. The topological polar surface area (TPSA) is 47.4 Å². The van der Waals surface area contributed by atoms with Gasteiger partial charge in [-0.1, -0.05) is 6.92 Å². The van der Waals surface area contributed by atoms with Crippen molar-refractivity contribution in [3.63, 3.8) is 0 Å². The van der Waals surface area contributed by atoms with E-state index in [2.05, 4.69) is 16.5 Å². The Labute approximate surface area is 129 Å². The van der Waals surface area contributed by atoms with Gasteiger partial charge in [0.05, 0.1) is 42.1 Å². The molecule has 22 heavy (non-hydrogen) atoms. The highest BCUT2D eigenvalue weighted by Crippen LogP contribution is 2.40. The van der Waals surface area contributed by atoms with Crippen LogP contribution < -0.4 is 4.74 Å². The number of carbonyl (C=O) groups excluding carboxylic acids is 1. The van der Waals surface area contributed by atoms with Crippen molar-refractivity contribution in [3.8, 4) is 11.4 Å². The van der Waals surface area contributed by atoms with Crippen LogP contribution in [0.4, 0.5) is 0 Å². The molecule has 0 N–H and O–H groups in total. The first-order chi connectivity index (χ1) is 10.7. The molecule has 3 heterocycles. The zero-order valence-corrected chi connectivity index (χ0v) is 12.9. The molecule has 1 aromatic heterocycles. The second-order valence-corrected chi connectivity index (χ2v) is 5.84. The molecule has 2 aromatic rings. The number of ether oxygens (including phenoxy) is 1. The molecule has 0 saturated carbocycles. The van der Waals surface area contributed by atoms with Gasteiger partial charge in [0, 0.05) is 6.54 Å². The minimum absolute atomic E-state index is 0.0992. The Morgan fingerprint density at radius 3 is 3.05 bits per heavy atom. The van der Waals surface area contributed by atoms with Gasteiger partial charge in [0.2, 0.25) is 0 Å². The summed E-state index contributed by atoms with van der Waals surface area (Å²) >= 11 is 0.